The van der Waals surface area contributed by atoms with Crippen molar-refractivity contribution in [1.82, 2.24) is 9.55 Å². The van der Waals surface area contributed by atoms with Gasteiger partial charge in [-0.1, -0.05) is 46.7 Å². The maximum atomic E-state index is 13.6. The Kier molecular flexibility index (Phi) is 6.68. The van der Waals surface area contributed by atoms with E-state index in [1.54, 1.807) is 61.0 Å². The van der Waals surface area contributed by atoms with Crippen molar-refractivity contribution in [2.45, 2.75) is 36.9 Å². The second-order valence-electron chi connectivity index (χ2n) is 9.18. The summed E-state index contributed by atoms with van der Waals surface area (Å²) in [7, 11) is -3.11. The van der Waals surface area contributed by atoms with Crippen molar-refractivity contribution in [3.05, 3.63) is 102 Å². The van der Waals surface area contributed by atoms with Gasteiger partial charge in [0.25, 0.3) is 0 Å². The van der Waals surface area contributed by atoms with Crippen molar-refractivity contribution in [3.8, 4) is 16.8 Å². The Morgan fingerprint density at radius 1 is 0.944 bits per heavy atom. The minimum atomic E-state index is -4.50. The topological polar surface area (TPSA) is 75.4 Å². The number of alkyl halides is 3. The summed E-state index contributed by atoms with van der Waals surface area (Å²) in [5, 5.41) is 10.5. The molecule has 0 aliphatic heterocycles. The van der Waals surface area contributed by atoms with Gasteiger partial charge in [-0.3, -0.25) is 0 Å². The highest BCUT2D eigenvalue weighted by Gasteiger charge is 2.33. The molecule has 0 fully saturated rings. The molecule has 0 spiro atoms. The van der Waals surface area contributed by atoms with Crippen molar-refractivity contribution in [3.63, 3.8) is 0 Å². The van der Waals surface area contributed by atoms with Gasteiger partial charge in [0.15, 0.2) is 4.90 Å². The van der Waals surface area contributed by atoms with Crippen LogP contribution in [0.3, 0.4) is 0 Å². The van der Waals surface area contributed by atoms with Gasteiger partial charge in [0.2, 0.25) is 10.2 Å². The number of aliphatic hydroxyl groups is 1. The van der Waals surface area contributed by atoms with Crippen LogP contribution >= 0.6 is 0 Å². The molecule has 1 unspecified atom stereocenters. The summed E-state index contributed by atoms with van der Waals surface area (Å²) < 4.78 is 64.3. The van der Waals surface area contributed by atoms with E-state index in [0.29, 0.717) is 22.1 Å². The standard InChI is InChI=1S/C27H25F3N2O3S/c1-26(2,33)24-17-32(25(31-24)16-20-7-4-5-10-23(20)27(28,29)30)21-13-11-18(12-14-21)19-8-6-9-22(15-19)36(3,34)35/h4-15,17,33H,16H2,1-3H3/p+1. The molecule has 188 valence electrons. The van der Waals surface area contributed by atoms with Crippen LogP contribution in [-0.2, 0) is 32.6 Å². The molecule has 0 saturated carbocycles. The first-order chi connectivity index (χ1) is 16.7. The van der Waals surface area contributed by atoms with Crippen LogP contribution in [0.25, 0.3) is 16.8 Å². The minimum absolute atomic E-state index is 0.0831. The average Bonchev–Trinajstić information content (AvgIpc) is 3.23. The van der Waals surface area contributed by atoms with Crippen molar-refractivity contribution >= 4 is 10.2 Å². The summed E-state index contributed by atoms with van der Waals surface area (Å²) in [5.74, 6) is 0.351. The van der Waals surface area contributed by atoms with E-state index in [-0.39, 0.29) is 12.0 Å². The monoisotopic (exact) mass is 515 g/mol. The molecule has 36 heavy (non-hydrogen) atoms. The zero-order valence-corrected chi connectivity index (χ0v) is 20.8. The van der Waals surface area contributed by atoms with Crippen LogP contribution in [0.2, 0.25) is 0 Å². The molecule has 0 bridgehead atoms. The van der Waals surface area contributed by atoms with E-state index < -0.39 is 27.6 Å². The van der Waals surface area contributed by atoms with Gasteiger partial charge in [-0.25, -0.2) is 4.98 Å². The Hall–Kier alpha value is -3.27. The lowest BCUT2D eigenvalue weighted by Crippen LogP contribution is -2.16. The number of aromatic nitrogens is 2. The first-order valence-corrected chi connectivity index (χ1v) is 13.0. The maximum absolute atomic E-state index is 13.6. The number of nitrogens with zero attached hydrogens (tertiary/aromatic N) is 2. The first kappa shape index (κ1) is 25.8. The fourth-order valence-electron chi connectivity index (χ4n) is 3.91. The molecule has 5 nitrogen and oxygen atoms in total. The summed E-state index contributed by atoms with van der Waals surface area (Å²) >= 11 is 0. The number of benzene rings is 3. The van der Waals surface area contributed by atoms with Crippen LogP contribution in [0.5, 0.6) is 0 Å². The molecule has 9 heteroatoms. The fourth-order valence-corrected chi connectivity index (χ4v) is 4.59. The van der Waals surface area contributed by atoms with Crippen molar-refractivity contribution in [1.29, 1.82) is 0 Å². The van der Waals surface area contributed by atoms with Gasteiger partial charge in [0, 0.05) is 24.4 Å². The second-order valence-corrected chi connectivity index (χ2v) is 11.3. The smallest absolute Gasteiger partial charge is 0.384 e. The van der Waals surface area contributed by atoms with Crippen LogP contribution in [0.1, 0.15) is 36.5 Å². The summed E-state index contributed by atoms with van der Waals surface area (Å²) in [5.41, 5.74) is 0.608. The predicted octanol–water partition coefficient (Wildman–Crippen LogP) is 6.34. The Labute approximate surface area is 208 Å². The lowest BCUT2D eigenvalue weighted by molar-refractivity contribution is -0.138. The average molecular weight is 516 g/mol. The third-order valence-electron chi connectivity index (χ3n) is 5.83. The lowest BCUT2D eigenvalue weighted by Gasteiger charge is -2.14. The molecule has 2 N–H and O–H groups in total. The molecule has 0 radical (unpaired) electrons. The van der Waals surface area contributed by atoms with E-state index in [4.69, 9.17) is 0 Å². The van der Waals surface area contributed by atoms with Crippen LogP contribution < -0.4 is 0 Å². The first-order valence-electron chi connectivity index (χ1n) is 11.1. The number of rotatable bonds is 6. The number of hydrogen-bond donors (Lipinski definition) is 2. The van der Waals surface area contributed by atoms with E-state index in [1.807, 2.05) is 18.2 Å². The molecule has 1 aromatic heterocycles. The Morgan fingerprint density at radius 2 is 1.61 bits per heavy atom. The third-order valence-corrected chi connectivity index (χ3v) is 6.96. The lowest BCUT2D eigenvalue weighted by atomic mass is 10.0. The van der Waals surface area contributed by atoms with Gasteiger partial charge in [-0.05, 0) is 54.8 Å². The Bertz CT molecular complexity index is 1430. The summed E-state index contributed by atoms with van der Waals surface area (Å²) in [6.45, 7) is 3.13. The Morgan fingerprint density at radius 3 is 2.22 bits per heavy atom. The number of imidazole rings is 1. The molecule has 4 rings (SSSR count). The quantitative estimate of drug-likeness (QED) is 0.294. The van der Waals surface area contributed by atoms with E-state index in [1.165, 1.54) is 18.4 Å². The van der Waals surface area contributed by atoms with Gasteiger partial charge >= 0.3 is 6.18 Å². The van der Waals surface area contributed by atoms with Crippen LogP contribution in [0.15, 0.2) is 83.9 Å². The van der Waals surface area contributed by atoms with E-state index >= 15 is 0 Å². The molecular formula is C27H26F3N2O3S+. The van der Waals surface area contributed by atoms with Crippen molar-refractivity contribution in [2.75, 3.05) is 6.26 Å². The molecule has 0 aliphatic carbocycles. The molecule has 1 heterocycles. The summed E-state index contributed by atoms with van der Waals surface area (Å²) in [6, 6.07) is 19.4. The van der Waals surface area contributed by atoms with Crippen molar-refractivity contribution in [2.24, 2.45) is 0 Å². The van der Waals surface area contributed by atoms with Crippen LogP contribution in [0.4, 0.5) is 13.2 Å². The zero-order chi connectivity index (χ0) is 26.3. The molecule has 0 amide bonds. The van der Waals surface area contributed by atoms with E-state index in [0.717, 1.165) is 17.2 Å². The number of hydrogen-bond acceptors (Lipinski definition) is 3. The van der Waals surface area contributed by atoms with Gasteiger partial charge < -0.3 is 9.67 Å². The van der Waals surface area contributed by atoms with Gasteiger partial charge in [-0.2, -0.15) is 17.7 Å². The van der Waals surface area contributed by atoms with E-state index in [9.17, 15) is 27.0 Å². The molecule has 3 aromatic carbocycles. The summed E-state index contributed by atoms with van der Waals surface area (Å²) in [4.78, 5) is 4.80. The summed E-state index contributed by atoms with van der Waals surface area (Å²) in [6.07, 6.45) is -1.71. The van der Waals surface area contributed by atoms with Gasteiger partial charge in [0.1, 0.15) is 17.7 Å². The van der Waals surface area contributed by atoms with Crippen LogP contribution in [0, 0.1) is 0 Å². The third kappa shape index (κ3) is 5.59. The van der Waals surface area contributed by atoms with Crippen molar-refractivity contribution < 1.29 is 27.0 Å². The number of halogens is 3. The fraction of sp³-hybridized carbons (Fsp3) is 0.222. The minimum Gasteiger partial charge on any atom is -0.384 e. The van der Waals surface area contributed by atoms with Gasteiger partial charge in [0.05, 0.1) is 11.3 Å². The predicted molar refractivity (Wildman–Crippen MR) is 133 cm³/mol. The largest absolute Gasteiger partial charge is 0.416 e. The maximum Gasteiger partial charge on any atom is 0.416 e. The normalized spacial score (nSPS) is 14.0. The second kappa shape index (κ2) is 9.31. The van der Waals surface area contributed by atoms with E-state index in [2.05, 4.69) is 4.98 Å². The zero-order valence-electron chi connectivity index (χ0n) is 20.0. The molecular weight excluding hydrogens is 489 g/mol. The molecule has 1 atom stereocenters. The molecule has 0 saturated heterocycles. The SMILES string of the molecule is CC(C)(O)c1cn(-c2ccc(-c3cccc([S+](C)(=O)O)c3)cc2)c(Cc2ccccc2C(F)(F)F)n1. The van der Waals surface area contributed by atoms with Gasteiger partial charge in [-0.15, -0.1) is 0 Å². The van der Waals surface area contributed by atoms with Crippen LogP contribution in [-0.4, -0.2) is 25.5 Å². The molecule has 4 aromatic rings. The highest BCUT2D eigenvalue weighted by atomic mass is 32.3. The molecule has 0 aliphatic rings. The highest BCUT2D eigenvalue weighted by Crippen LogP contribution is 2.34. The Balaban J connectivity index is 1.75. The highest BCUT2D eigenvalue weighted by molar-refractivity contribution is 7.97.